The summed E-state index contributed by atoms with van der Waals surface area (Å²) in [5.41, 5.74) is 3.74. The van der Waals surface area contributed by atoms with Gasteiger partial charge in [0.1, 0.15) is 0 Å². The summed E-state index contributed by atoms with van der Waals surface area (Å²) in [5, 5.41) is 0. The van der Waals surface area contributed by atoms with Gasteiger partial charge in [-0.05, 0) is 48.1 Å². The Labute approximate surface area is 149 Å². The summed E-state index contributed by atoms with van der Waals surface area (Å²) < 4.78 is 10.6. The van der Waals surface area contributed by atoms with Crippen molar-refractivity contribution in [2.75, 3.05) is 21.3 Å². The second-order valence-corrected chi connectivity index (χ2v) is 6.45. The molecule has 0 bridgehead atoms. The maximum Gasteiger partial charge on any atom is 0.223 e. The van der Waals surface area contributed by atoms with E-state index in [1.54, 1.807) is 14.2 Å². The number of ether oxygens (including phenoxy) is 2. The molecular formula is C21H25NO3. The first-order chi connectivity index (χ1) is 12.1. The molecule has 0 spiro atoms. The van der Waals surface area contributed by atoms with E-state index in [1.807, 2.05) is 30.1 Å². The van der Waals surface area contributed by atoms with Crippen molar-refractivity contribution in [2.45, 2.75) is 31.7 Å². The van der Waals surface area contributed by atoms with Gasteiger partial charge in [-0.2, -0.15) is 0 Å². The van der Waals surface area contributed by atoms with E-state index in [-0.39, 0.29) is 11.9 Å². The van der Waals surface area contributed by atoms with Crippen LogP contribution in [0.15, 0.2) is 42.5 Å². The molecule has 0 heterocycles. The molecule has 0 aliphatic heterocycles. The Kier molecular flexibility index (Phi) is 5.27. The fourth-order valence-corrected chi connectivity index (χ4v) is 3.57. The first-order valence-corrected chi connectivity index (χ1v) is 8.68. The summed E-state index contributed by atoms with van der Waals surface area (Å²) in [5.74, 6) is 1.58. The summed E-state index contributed by atoms with van der Waals surface area (Å²) in [7, 11) is 5.16. The molecule has 0 fully saturated rings. The van der Waals surface area contributed by atoms with Crippen LogP contribution >= 0.6 is 0 Å². The van der Waals surface area contributed by atoms with Crippen molar-refractivity contribution >= 4 is 5.91 Å². The van der Waals surface area contributed by atoms with Crippen LogP contribution in [0.4, 0.5) is 0 Å². The Bertz CT molecular complexity index is 757. The van der Waals surface area contributed by atoms with E-state index in [4.69, 9.17) is 9.47 Å². The molecule has 25 heavy (non-hydrogen) atoms. The van der Waals surface area contributed by atoms with Crippen molar-refractivity contribution < 1.29 is 14.3 Å². The highest BCUT2D eigenvalue weighted by atomic mass is 16.5. The molecule has 0 radical (unpaired) electrons. The van der Waals surface area contributed by atoms with Crippen LogP contribution in [0, 0.1) is 0 Å². The first kappa shape index (κ1) is 17.3. The van der Waals surface area contributed by atoms with Gasteiger partial charge in [0.15, 0.2) is 11.5 Å². The Morgan fingerprint density at radius 1 is 1.12 bits per heavy atom. The molecule has 3 rings (SSSR count). The number of carbonyl (C=O) groups excluding carboxylic acids is 1. The monoisotopic (exact) mass is 339 g/mol. The second-order valence-electron chi connectivity index (χ2n) is 6.45. The van der Waals surface area contributed by atoms with Crippen LogP contribution in [0.25, 0.3) is 0 Å². The van der Waals surface area contributed by atoms with Crippen LogP contribution in [-0.4, -0.2) is 32.1 Å². The first-order valence-electron chi connectivity index (χ1n) is 8.68. The van der Waals surface area contributed by atoms with E-state index in [9.17, 15) is 4.79 Å². The van der Waals surface area contributed by atoms with Gasteiger partial charge < -0.3 is 14.4 Å². The minimum absolute atomic E-state index is 0.177. The van der Waals surface area contributed by atoms with Crippen LogP contribution in [0.5, 0.6) is 11.5 Å². The normalized spacial score (nSPS) is 15.6. The highest BCUT2D eigenvalue weighted by Gasteiger charge is 2.27. The maximum atomic E-state index is 12.7. The fourth-order valence-electron chi connectivity index (χ4n) is 3.57. The van der Waals surface area contributed by atoms with Crippen LogP contribution in [0.2, 0.25) is 0 Å². The predicted octanol–water partition coefficient (Wildman–Crippen LogP) is 3.78. The number of fused-ring (bicyclic) bond motifs is 1. The van der Waals surface area contributed by atoms with E-state index in [0.29, 0.717) is 24.3 Å². The number of amides is 1. The van der Waals surface area contributed by atoms with Crippen LogP contribution < -0.4 is 9.47 Å². The molecular weight excluding hydrogens is 314 g/mol. The molecule has 0 N–H and O–H groups in total. The topological polar surface area (TPSA) is 38.8 Å². The van der Waals surface area contributed by atoms with Gasteiger partial charge in [0.2, 0.25) is 5.91 Å². The standard InChI is InChI=1S/C21H25NO3/c1-22(18-11-10-16-6-4-5-7-17(16)18)21(23)13-9-15-8-12-19(24-2)20(14-15)25-3/h4-8,12,14,18H,9-11,13H2,1-3H3. The van der Waals surface area contributed by atoms with Crippen molar-refractivity contribution in [1.29, 1.82) is 0 Å². The molecule has 1 unspecified atom stereocenters. The Balaban J connectivity index is 1.63. The van der Waals surface area contributed by atoms with Gasteiger partial charge in [-0.15, -0.1) is 0 Å². The number of methoxy groups -OCH3 is 2. The van der Waals surface area contributed by atoms with Gasteiger partial charge in [0, 0.05) is 13.5 Å². The number of hydrogen-bond acceptors (Lipinski definition) is 3. The third-order valence-electron chi connectivity index (χ3n) is 5.04. The van der Waals surface area contributed by atoms with E-state index in [0.717, 1.165) is 18.4 Å². The van der Waals surface area contributed by atoms with Gasteiger partial charge >= 0.3 is 0 Å². The number of carbonyl (C=O) groups is 1. The van der Waals surface area contributed by atoms with E-state index in [1.165, 1.54) is 11.1 Å². The lowest BCUT2D eigenvalue weighted by Crippen LogP contribution is -2.30. The molecule has 0 saturated heterocycles. The summed E-state index contributed by atoms with van der Waals surface area (Å²) >= 11 is 0. The minimum Gasteiger partial charge on any atom is -0.493 e. The summed E-state index contributed by atoms with van der Waals surface area (Å²) in [6, 6.07) is 14.4. The number of benzene rings is 2. The molecule has 1 atom stereocenters. The lowest BCUT2D eigenvalue weighted by Gasteiger charge is -2.25. The van der Waals surface area contributed by atoms with Crippen molar-refractivity contribution in [3.63, 3.8) is 0 Å². The SMILES string of the molecule is COc1ccc(CCC(=O)N(C)C2CCc3ccccc32)cc1OC. The molecule has 1 amide bonds. The van der Waals surface area contributed by atoms with E-state index in [2.05, 4.69) is 24.3 Å². The summed E-state index contributed by atoms with van der Waals surface area (Å²) in [6.45, 7) is 0. The van der Waals surface area contributed by atoms with Crippen molar-refractivity contribution in [1.82, 2.24) is 4.90 Å². The molecule has 1 aliphatic carbocycles. The average molecular weight is 339 g/mol. The average Bonchev–Trinajstić information content (AvgIpc) is 3.09. The third kappa shape index (κ3) is 3.63. The Hall–Kier alpha value is -2.49. The highest BCUT2D eigenvalue weighted by Crippen LogP contribution is 2.35. The number of rotatable bonds is 6. The van der Waals surface area contributed by atoms with Crippen LogP contribution in [0.1, 0.15) is 35.6 Å². The van der Waals surface area contributed by atoms with Crippen molar-refractivity contribution in [2.24, 2.45) is 0 Å². The molecule has 0 saturated carbocycles. The zero-order valence-corrected chi connectivity index (χ0v) is 15.1. The quantitative estimate of drug-likeness (QED) is 0.804. The Morgan fingerprint density at radius 3 is 2.64 bits per heavy atom. The van der Waals surface area contributed by atoms with E-state index >= 15 is 0 Å². The van der Waals surface area contributed by atoms with E-state index < -0.39 is 0 Å². The van der Waals surface area contributed by atoms with Gasteiger partial charge in [0.25, 0.3) is 0 Å². The summed E-state index contributed by atoms with van der Waals surface area (Å²) in [6.07, 6.45) is 3.24. The van der Waals surface area contributed by atoms with Crippen LogP contribution in [0.3, 0.4) is 0 Å². The predicted molar refractivity (Wildman–Crippen MR) is 98.1 cm³/mol. The van der Waals surface area contributed by atoms with Gasteiger partial charge in [-0.1, -0.05) is 30.3 Å². The largest absolute Gasteiger partial charge is 0.493 e. The maximum absolute atomic E-state index is 12.7. The van der Waals surface area contributed by atoms with Crippen molar-refractivity contribution in [3.05, 3.63) is 59.2 Å². The number of aryl methyl sites for hydroxylation is 2. The number of nitrogens with zero attached hydrogens (tertiary/aromatic N) is 1. The molecule has 2 aromatic carbocycles. The van der Waals surface area contributed by atoms with Gasteiger partial charge in [-0.25, -0.2) is 0 Å². The van der Waals surface area contributed by atoms with Gasteiger partial charge in [-0.3, -0.25) is 4.79 Å². The van der Waals surface area contributed by atoms with Crippen molar-refractivity contribution in [3.8, 4) is 11.5 Å². The fraction of sp³-hybridized carbons (Fsp3) is 0.381. The number of hydrogen-bond donors (Lipinski definition) is 0. The van der Waals surface area contributed by atoms with Crippen LogP contribution in [-0.2, 0) is 17.6 Å². The molecule has 132 valence electrons. The molecule has 4 heteroatoms. The minimum atomic E-state index is 0.177. The Morgan fingerprint density at radius 2 is 1.88 bits per heavy atom. The zero-order chi connectivity index (χ0) is 17.8. The molecule has 0 aromatic heterocycles. The second kappa shape index (κ2) is 7.60. The molecule has 2 aromatic rings. The van der Waals surface area contributed by atoms with Gasteiger partial charge in [0.05, 0.1) is 20.3 Å². The molecule has 4 nitrogen and oxygen atoms in total. The highest BCUT2D eigenvalue weighted by molar-refractivity contribution is 5.77. The zero-order valence-electron chi connectivity index (χ0n) is 15.1. The summed E-state index contributed by atoms with van der Waals surface area (Å²) in [4.78, 5) is 14.6. The smallest absolute Gasteiger partial charge is 0.223 e. The lowest BCUT2D eigenvalue weighted by molar-refractivity contribution is -0.132. The third-order valence-corrected chi connectivity index (χ3v) is 5.04. The lowest BCUT2D eigenvalue weighted by atomic mass is 10.1. The molecule has 1 aliphatic rings.